The van der Waals surface area contributed by atoms with Crippen LogP contribution in [-0.2, 0) is 20.7 Å². The molecule has 0 spiro atoms. The number of nitrogens with one attached hydrogen (secondary N) is 1. The number of benzene rings is 1. The number of fused-ring (bicyclic) bond motifs is 2. The maximum atomic E-state index is 14.9. The van der Waals surface area contributed by atoms with Crippen molar-refractivity contribution in [2.75, 3.05) is 28.6 Å². The molecule has 4 rings (SSSR count). The molecule has 3 saturated heterocycles. The maximum Gasteiger partial charge on any atom is 0.414 e. The predicted molar refractivity (Wildman–Crippen MR) is 104 cm³/mol. The van der Waals surface area contributed by atoms with E-state index in [0.717, 1.165) is 23.5 Å². The SMILES string of the molecule is CCCC(=O)NC[C@H]1CN(c2cc(F)c(N3C4CCC3[S+]([O-])C4)c(F)c2)C(=O)O1. The molecule has 1 N–H and O–H groups in total. The van der Waals surface area contributed by atoms with Gasteiger partial charge in [0.05, 0.1) is 24.8 Å². The largest absolute Gasteiger partial charge is 0.615 e. The van der Waals surface area contributed by atoms with Crippen molar-refractivity contribution >= 4 is 34.6 Å². The van der Waals surface area contributed by atoms with Crippen molar-refractivity contribution in [1.82, 2.24) is 5.32 Å². The Morgan fingerprint density at radius 1 is 1.34 bits per heavy atom. The molecule has 3 fully saturated rings. The molecule has 3 heterocycles. The zero-order valence-corrected chi connectivity index (χ0v) is 16.8. The predicted octanol–water partition coefficient (Wildman–Crippen LogP) is 2.26. The van der Waals surface area contributed by atoms with E-state index in [1.54, 1.807) is 4.90 Å². The molecule has 2 amide bonds. The number of hydrogen-bond donors (Lipinski definition) is 1. The minimum atomic E-state index is -1.11. The topological polar surface area (TPSA) is 84.9 Å². The number of cyclic esters (lactones) is 1. The first-order valence-electron chi connectivity index (χ1n) is 9.78. The van der Waals surface area contributed by atoms with Gasteiger partial charge in [-0.1, -0.05) is 6.92 Å². The monoisotopic (exact) mass is 427 g/mol. The Kier molecular flexibility index (Phi) is 5.56. The fraction of sp³-hybridized carbons (Fsp3) is 0.579. The molecule has 3 aliphatic heterocycles. The quantitative estimate of drug-likeness (QED) is 0.704. The highest BCUT2D eigenvalue weighted by atomic mass is 32.2. The van der Waals surface area contributed by atoms with Crippen molar-refractivity contribution in [2.45, 2.75) is 50.1 Å². The van der Waals surface area contributed by atoms with Gasteiger partial charge in [-0.15, -0.1) is 0 Å². The van der Waals surface area contributed by atoms with Crippen molar-refractivity contribution in [3.8, 4) is 0 Å². The number of anilines is 2. The Morgan fingerprint density at radius 3 is 2.66 bits per heavy atom. The van der Waals surface area contributed by atoms with E-state index in [-0.39, 0.29) is 41.8 Å². The van der Waals surface area contributed by atoms with Crippen LogP contribution in [0.3, 0.4) is 0 Å². The molecule has 3 aliphatic rings. The van der Waals surface area contributed by atoms with E-state index in [2.05, 4.69) is 5.32 Å². The van der Waals surface area contributed by atoms with Crippen LogP contribution in [0.1, 0.15) is 32.6 Å². The Balaban J connectivity index is 1.48. The first-order valence-corrected chi connectivity index (χ1v) is 11.2. The number of halogens is 2. The smallest absolute Gasteiger partial charge is 0.414 e. The van der Waals surface area contributed by atoms with Crippen LogP contribution in [0.5, 0.6) is 0 Å². The molecule has 0 aliphatic carbocycles. The van der Waals surface area contributed by atoms with Crippen LogP contribution >= 0.6 is 0 Å². The summed E-state index contributed by atoms with van der Waals surface area (Å²) in [5.41, 5.74) is -0.119. The van der Waals surface area contributed by atoms with Gasteiger partial charge in [0, 0.05) is 25.0 Å². The summed E-state index contributed by atoms with van der Waals surface area (Å²) in [5.74, 6) is -1.29. The Bertz CT molecular complexity index is 804. The molecule has 158 valence electrons. The average Bonchev–Trinajstić information content (AvgIpc) is 3.32. The summed E-state index contributed by atoms with van der Waals surface area (Å²) >= 11 is -1.11. The van der Waals surface area contributed by atoms with Crippen molar-refractivity contribution in [3.63, 3.8) is 0 Å². The van der Waals surface area contributed by atoms with Crippen molar-refractivity contribution in [1.29, 1.82) is 0 Å². The zero-order chi connectivity index (χ0) is 20.7. The van der Waals surface area contributed by atoms with Gasteiger partial charge in [0.25, 0.3) is 0 Å². The van der Waals surface area contributed by atoms with E-state index in [9.17, 15) is 22.9 Å². The number of nitrogens with zero attached hydrogens (tertiary/aromatic N) is 2. The third-order valence-electron chi connectivity index (χ3n) is 5.56. The molecule has 0 saturated carbocycles. The van der Waals surface area contributed by atoms with E-state index in [4.69, 9.17) is 4.74 Å². The third-order valence-corrected chi connectivity index (χ3v) is 7.34. The van der Waals surface area contributed by atoms with Crippen LogP contribution in [0.25, 0.3) is 0 Å². The van der Waals surface area contributed by atoms with Gasteiger partial charge in [-0.2, -0.15) is 0 Å². The van der Waals surface area contributed by atoms with Gasteiger partial charge in [-0.05, 0) is 24.0 Å². The molecular formula is C19H23F2N3O4S. The summed E-state index contributed by atoms with van der Waals surface area (Å²) in [5, 5.41) is 2.32. The Hall–Kier alpha value is -2.07. The lowest BCUT2D eigenvalue weighted by molar-refractivity contribution is -0.121. The highest BCUT2D eigenvalue weighted by molar-refractivity contribution is 7.92. The van der Waals surface area contributed by atoms with E-state index in [1.807, 2.05) is 6.92 Å². The minimum absolute atomic E-state index is 0.0591. The highest BCUT2D eigenvalue weighted by Gasteiger charge is 2.51. The summed E-state index contributed by atoms with van der Waals surface area (Å²) in [6.45, 7) is 2.12. The van der Waals surface area contributed by atoms with Crippen molar-refractivity contribution in [2.24, 2.45) is 0 Å². The lowest BCUT2D eigenvalue weighted by atomic mass is 10.2. The van der Waals surface area contributed by atoms with Gasteiger partial charge in [0.15, 0.2) is 17.0 Å². The van der Waals surface area contributed by atoms with Crippen LogP contribution in [0, 0.1) is 11.6 Å². The average molecular weight is 427 g/mol. The van der Waals surface area contributed by atoms with E-state index >= 15 is 0 Å². The molecule has 2 bridgehead atoms. The highest BCUT2D eigenvalue weighted by Crippen LogP contribution is 2.43. The molecule has 10 heteroatoms. The summed E-state index contributed by atoms with van der Waals surface area (Å²) in [7, 11) is 0. The molecule has 3 unspecified atom stereocenters. The van der Waals surface area contributed by atoms with E-state index in [1.165, 1.54) is 0 Å². The summed E-state index contributed by atoms with van der Waals surface area (Å²) in [6.07, 6.45) is 1.20. The molecule has 29 heavy (non-hydrogen) atoms. The summed E-state index contributed by atoms with van der Waals surface area (Å²) < 4.78 is 47.0. The van der Waals surface area contributed by atoms with Crippen LogP contribution in [-0.4, -0.2) is 52.9 Å². The number of carbonyl (C=O) groups is 2. The van der Waals surface area contributed by atoms with Gasteiger partial charge in [-0.3, -0.25) is 9.69 Å². The molecule has 7 nitrogen and oxygen atoms in total. The van der Waals surface area contributed by atoms with Crippen LogP contribution in [0.4, 0.5) is 25.0 Å². The van der Waals surface area contributed by atoms with Crippen LogP contribution in [0.15, 0.2) is 12.1 Å². The fourth-order valence-corrected chi connectivity index (χ4v) is 6.09. The van der Waals surface area contributed by atoms with Crippen LogP contribution < -0.4 is 15.1 Å². The lowest BCUT2D eigenvalue weighted by Gasteiger charge is -2.24. The van der Waals surface area contributed by atoms with Crippen molar-refractivity contribution < 1.29 is 27.7 Å². The molecule has 0 radical (unpaired) electrons. The normalized spacial score (nSPS) is 28.2. The summed E-state index contributed by atoms with van der Waals surface area (Å²) in [4.78, 5) is 26.5. The van der Waals surface area contributed by atoms with E-state index < -0.39 is 35.0 Å². The second kappa shape index (κ2) is 7.98. The lowest BCUT2D eigenvalue weighted by Crippen LogP contribution is -2.34. The number of ether oxygens (including phenoxy) is 1. The Labute approximate surface area is 170 Å². The fourth-order valence-electron chi connectivity index (χ4n) is 4.23. The van der Waals surface area contributed by atoms with Gasteiger partial charge in [-0.25, -0.2) is 13.6 Å². The standard InChI is InChI=1S/C19H23F2N3O4S/c1-2-3-16(25)22-8-13-9-23(19(26)28-13)12-6-14(20)18(15(21)7-12)24-11-4-5-17(24)29(27)10-11/h6-7,11,13,17H,2-5,8-10H2,1H3,(H,22,25)/t11?,13-,17?,29?/m0/s1. The second-order valence-corrected chi connectivity index (χ2v) is 9.21. The third kappa shape index (κ3) is 3.75. The zero-order valence-electron chi connectivity index (χ0n) is 16.0. The maximum absolute atomic E-state index is 14.9. The number of hydrogen-bond acceptors (Lipinski definition) is 5. The number of rotatable bonds is 6. The van der Waals surface area contributed by atoms with Gasteiger partial charge >= 0.3 is 6.09 Å². The minimum Gasteiger partial charge on any atom is -0.615 e. The van der Waals surface area contributed by atoms with Crippen LogP contribution in [0.2, 0.25) is 0 Å². The first kappa shape index (κ1) is 20.2. The van der Waals surface area contributed by atoms with E-state index in [0.29, 0.717) is 25.0 Å². The molecule has 1 aromatic rings. The first-order chi connectivity index (χ1) is 13.9. The molecule has 0 aromatic heterocycles. The van der Waals surface area contributed by atoms with Crippen molar-refractivity contribution in [3.05, 3.63) is 23.8 Å². The number of amides is 2. The number of carbonyl (C=O) groups excluding carboxylic acids is 2. The molecule has 1 aromatic carbocycles. The van der Waals surface area contributed by atoms with Gasteiger partial charge in [0.1, 0.15) is 17.5 Å². The van der Waals surface area contributed by atoms with Gasteiger partial charge < -0.3 is 19.5 Å². The summed E-state index contributed by atoms with van der Waals surface area (Å²) in [6, 6.07) is 2.10. The second-order valence-electron chi connectivity index (χ2n) is 7.57. The van der Waals surface area contributed by atoms with Gasteiger partial charge in [0.2, 0.25) is 5.91 Å². The Morgan fingerprint density at radius 2 is 2.07 bits per heavy atom. The molecule has 4 atom stereocenters. The molecular weight excluding hydrogens is 404 g/mol.